The van der Waals surface area contributed by atoms with Crippen molar-refractivity contribution in [2.45, 2.75) is 190 Å². The maximum atomic E-state index is 10.3. The molecule has 1 aliphatic carbocycles. The summed E-state index contributed by atoms with van der Waals surface area (Å²) >= 11 is 1.71. The molecule has 0 bridgehead atoms. The highest BCUT2D eigenvalue weighted by molar-refractivity contribution is 8.09. The number of aliphatic hydroxyl groups is 3. The van der Waals surface area contributed by atoms with Gasteiger partial charge in [0.05, 0.1) is 4.75 Å². The lowest BCUT2D eigenvalue weighted by atomic mass is 9.91. The van der Waals surface area contributed by atoms with Crippen LogP contribution in [-0.2, 0) is 0 Å². The standard InChI is InChI=1S/C22H45NO2.C18H30OS.BH3O3/c23-19-15-13-11-9-7-5-3-1-2-4-6-8-10-12-14-16-22(17-20-24)18-21-25;1-2-3-4-5-6-7-8-9-10-11-14-17-15-12-13-16-18(17,19)20-17;2-1(3)4/h1-2,22,24-25H,3-21,23H2;12-13,15-16,19H,2-11,14H2,1H3;2-4H. The molecule has 0 amide bonds. The lowest BCUT2D eigenvalue weighted by Crippen LogP contribution is -2.23. The van der Waals surface area contributed by atoms with E-state index in [1.54, 1.807) is 11.8 Å². The SMILES string of the molecule is CCCCCCCCCCCCC12C=CC=CC1(O)S2.NCCCCCCCCC=CCCCCCCCC(CCO)CCO.OB(O)O. The Hall–Kier alpha value is -0.645. The molecule has 9 heteroatoms. The number of fused-ring (bicyclic) bond motifs is 1. The summed E-state index contributed by atoms with van der Waals surface area (Å²) in [6, 6.07) is 0. The molecule has 2 aliphatic rings. The lowest BCUT2D eigenvalue weighted by molar-refractivity contribution is 0.193. The van der Waals surface area contributed by atoms with Crippen molar-refractivity contribution in [2.24, 2.45) is 11.7 Å². The summed E-state index contributed by atoms with van der Waals surface area (Å²) < 4.78 is 0.0297. The highest BCUT2D eigenvalue weighted by Gasteiger charge is 2.65. The first-order chi connectivity index (χ1) is 23.8. The predicted octanol–water partition coefficient (Wildman–Crippen LogP) is 8.89. The van der Waals surface area contributed by atoms with Gasteiger partial charge in [-0.2, -0.15) is 0 Å². The minimum absolute atomic E-state index is 0.0297. The molecule has 8 N–H and O–H groups in total. The summed E-state index contributed by atoms with van der Waals surface area (Å²) in [6.07, 6.45) is 47.6. The van der Waals surface area contributed by atoms with Crippen LogP contribution < -0.4 is 5.73 Å². The second-order valence-corrected chi connectivity index (χ2v) is 15.6. The van der Waals surface area contributed by atoms with E-state index in [4.69, 9.17) is 31.0 Å². The molecule has 2 atom stereocenters. The van der Waals surface area contributed by atoms with Gasteiger partial charge >= 0.3 is 7.32 Å². The van der Waals surface area contributed by atoms with E-state index in [1.807, 2.05) is 12.2 Å². The first-order valence-corrected chi connectivity index (χ1v) is 21.0. The highest BCUT2D eigenvalue weighted by atomic mass is 32.2. The van der Waals surface area contributed by atoms with Gasteiger partial charge in [-0.25, -0.2) is 0 Å². The molecule has 1 heterocycles. The van der Waals surface area contributed by atoms with Crippen LogP contribution in [0.15, 0.2) is 36.5 Å². The molecular formula is C40H78BNO6S. The maximum Gasteiger partial charge on any atom is 0.631 e. The normalized spacial score (nSPS) is 19.0. The quantitative estimate of drug-likeness (QED) is 0.0163. The summed E-state index contributed by atoms with van der Waals surface area (Å²) in [5.41, 5.74) is 5.49. The summed E-state index contributed by atoms with van der Waals surface area (Å²) in [4.78, 5) is -0.568. The van der Waals surface area contributed by atoms with Crippen molar-refractivity contribution >= 4 is 19.1 Å². The van der Waals surface area contributed by atoms with Gasteiger partial charge in [-0.15, -0.1) is 11.8 Å². The number of aliphatic hydroxyl groups excluding tert-OH is 2. The summed E-state index contributed by atoms with van der Waals surface area (Å²) in [7, 11) is -2.17. The van der Waals surface area contributed by atoms with Crippen LogP contribution in [0, 0.1) is 5.92 Å². The van der Waals surface area contributed by atoms with E-state index in [1.165, 1.54) is 148 Å². The monoisotopic (exact) mass is 712 g/mol. The Morgan fingerprint density at radius 3 is 1.51 bits per heavy atom. The molecule has 0 spiro atoms. The Labute approximate surface area is 306 Å². The zero-order chi connectivity index (χ0) is 36.3. The van der Waals surface area contributed by atoms with Crippen LogP contribution in [-0.4, -0.2) is 67.2 Å². The van der Waals surface area contributed by atoms with Gasteiger partial charge in [0, 0.05) is 13.2 Å². The van der Waals surface area contributed by atoms with E-state index in [0.29, 0.717) is 5.92 Å². The highest BCUT2D eigenvalue weighted by Crippen LogP contribution is 2.67. The fraction of sp³-hybridized carbons (Fsp3) is 0.850. The Morgan fingerprint density at radius 2 is 1.04 bits per heavy atom. The molecular weight excluding hydrogens is 633 g/mol. The molecule has 1 fully saturated rings. The zero-order valence-electron chi connectivity index (χ0n) is 31.5. The van der Waals surface area contributed by atoms with Crippen molar-refractivity contribution in [3.05, 3.63) is 36.5 Å². The number of nitrogens with two attached hydrogens (primary N) is 1. The van der Waals surface area contributed by atoms with Gasteiger partial charge in [-0.05, 0) is 69.9 Å². The van der Waals surface area contributed by atoms with Crippen LogP contribution in [0.4, 0.5) is 0 Å². The van der Waals surface area contributed by atoms with Gasteiger partial charge in [-0.3, -0.25) is 0 Å². The zero-order valence-corrected chi connectivity index (χ0v) is 32.3. The van der Waals surface area contributed by atoms with Gasteiger partial charge in [0.15, 0.2) is 0 Å². The average molecular weight is 712 g/mol. The van der Waals surface area contributed by atoms with E-state index < -0.39 is 12.3 Å². The van der Waals surface area contributed by atoms with Crippen molar-refractivity contribution in [1.82, 2.24) is 0 Å². The summed E-state index contributed by atoms with van der Waals surface area (Å²) in [5.74, 6) is 0.513. The first kappa shape index (κ1) is 48.4. The third kappa shape index (κ3) is 28.6. The van der Waals surface area contributed by atoms with Crippen LogP contribution in [0.25, 0.3) is 0 Å². The first-order valence-electron chi connectivity index (χ1n) is 20.2. The molecule has 1 aliphatic heterocycles. The average Bonchev–Trinajstić information content (AvgIpc) is 3.71. The van der Waals surface area contributed by atoms with Crippen molar-refractivity contribution in [3.63, 3.8) is 0 Å². The Morgan fingerprint density at radius 1 is 0.612 bits per heavy atom. The second kappa shape index (κ2) is 34.4. The van der Waals surface area contributed by atoms with E-state index >= 15 is 0 Å². The third-order valence-corrected chi connectivity index (χ3v) is 11.3. The molecule has 0 aromatic carbocycles. The minimum Gasteiger partial charge on any atom is -0.402 e. The summed E-state index contributed by atoms with van der Waals surface area (Å²) in [5, 5.41) is 49.8. The van der Waals surface area contributed by atoms with Crippen molar-refractivity contribution < 1.29 is 30.4 Å². The van der Waals surface area contributed by atoms with E-state index in [2.05, 4.69) is 31.2 Å². The molecule has 0 radical (unpaired) electrons. The van der Waals surface area contributed by atoms with Crippen LogP contribution >= 0.6 is 11.8 Å². The van der Waals surface area contributed by atoms with Crippen molar-refractivity contribution in [2.75, 3.05) is 19.8 Å². The van der Waals surface area contributed by atoms with Crippen molar-refractivity contribution in [1.29, 1.82) is 0 Å². The Balaban J connectivity index is 0.000000860. The molecule has 49 heavy (non-hydrogen) atoms. The number of rotatable bonds is 31. The fourth-order valence-corrected chi connectivity index (χ4v) is 7.82. The van der Waals surface area contributed by atoms with Gasteiger partial charge in [0.2, 0.25) is 0 Å². The smallest absolute Gasteiger partial charge is 0.402 e. The molecule has 0 aromatic rings. The van der Waals surface area contributed by atoms with Crippen LogP contribution in [0.1, 0.15) is 180 Å². The van der Waals surface area contributed by atoms with E-state index in [0.717, 1.165) is 32.2 Å². The number of hydrogen-bond acceptors (Lipinski definition) is 8. The number of allylic oxidation sites excluding steroid dienone is 4. The minimum atomic E-state index is -2.17. The number of unbranched alkanes of at least 4 members (excludes halogenated alkanes) is 20. The van der Waals surface area contributed by atoms with Gasteiger partial charge in [-0.1, -0.05) is 159 Å². The van der Waals surface area contributed by atoms with Crippen LogP contribution in [0.3, 0.4) is 0 Å². The van der Waals surface area contributed by atoms with Gasteiger partial charge in [0.25, 0.3) is 0 Å². The van der Waals surface area contributed by atoms with Crippen molar-refractivity contribution in [3.8, 4) is 0 Å². The van der Waals surface area contributed by atoms with Gasteiger partial charge in [0.1, 0.15) is 4.93 Å². The summed E-state index contributed by atoms with van der Waals surface area (Å²) in [6.45, 7) is 3.63. The fourth-order valence-electron chi connectivity index (χ4n) is 6.54. The number of hydrogen-bond donors (Lipinski definition) is 7. The molecule has 288 valence electrons. The molecule has 7 nitrogen and oxygen atoms in total. The maximum absolute atomic E-state index is 10.3. The molecule has 0 aromatic heterocycles. The molecule has 1 saturated heterocycles. The van der Waals surface area contributed by atoms with E-state index in [9.17, 15) is 5.11 Å². The molecule has 0 saturated carbocycles. The Kier molecular flexibility index (Phi) is 34.0. The molecule has 2 unspecified atom stereocenters. The van der Waals surface area contributed by atoms with E-state index in [-0.39, 0.29) is 18.0 Å². The van der Waals surface area contributed by atoms with Crippen LogP contribution in [0.2, 0.25) is 0 Å². The Bertz CT molecular complexity index is 792. The second-order valence-electron chi connectivity index (χ2n) is 14.1. The molecule has 2 rings (SSSR count). The van der Waals surface area contributed by atoms with Gasteiger partial charge < -0.3 is 36.1 Å². The lowest BCUT2D eigenvalue weighted by Gasteiger charge is -2.15. The topological polar surface area (TPSA) is 147 Å². The number of thioether (sulfide) groups is 1. The predicted molar refractivity (Wildman–Crippen MR) is 212 cm³/mol. The largest absolute Gasteiger partial charge is 0.631 e. The third-order valence-electron chi connectivity index (χ3n) is 9.65. The van der Waals surface area contributed by atoms with Crippen LogP contribution in [0.5, 0.6) is 0 Å².